The van der Waals surface area contributed by atoms with Gasteiger partial charge in [-0.3, -0.25) is 4.90 Å². The highest BCUT2D eigenvalue weighted by molar-refractivity contribution is 5.81. The second kappa shape index (κ2) is 6.55. The Morgan fingerprint density at radius 2 is 1.95 bits per heavy atom. The molecule has 0 unspecified atom stereocenters. The number of amides is 1. The van der Waals surface area contributed by atoms with Crippen LogP contribution in [0.1, 0.15) is 12.0 Å². The van der Waals surface area contributed by atoms with Gasteiger partial charge in [0.2, 0.25) is 0 Å². The lowest BCUT2D eigenvalue weighted by molar-refractivity contribution is -0.142. The molecule has 114 valence electrons. The summed E-state index contributed by atoms with van der Waals surface area (Å²) < 4.78 is 5.07. The number of aliphatic carboxylic acids is 1. The molecule has 1 aromatic carbocycles. The van der Waals surface area contributed by atoms with Crippen molar-refractivity contribution in [2.24, 2.45) is 0 Å². The molecule has 0 aromatic heterocycles. The van der Waals surface area contributed by atoms with Gasteiger partial charge in [0.25, 0.3) is 0 Å². The predicted molar refractivity (Wildman–Crippen MR) is 71.4 cm³/mol. The molecule has 1 aromatic rings. The Balaban J connectivity index is 2.06. The molecule has 0 spiro atoms. The van der Waals surface area contributed by atoms with Gasteiger partial charge in [0.15, 0.2) is 0 Å². The lowest BCUT2D eigenvalue weighted by Crippen LogP contribution is -2.48. The van der Waals surface area contributed by atoms with Gasteiger partial charge < -0.3 is 20.1 Å². The molecule has 3 N–H and O–H groups in total. The highest BCUT2D eigenvalue weighted by Gasteiger charge is 2.47. The van der Waals surface area contributed by atoms with Crippen LogP contribution in [0.15, 0.2) is 30.3 Å². The van der Waals surface area contributed by atoms with E-state index in [-0.39, 0.29) is 13.0 Å². The van der Waals surface area contributed by atoms with E-state index in [2.05, 4.69) is 0 Å². The number of nitrogens with zero attached hydrogens (tertiary/aromatic N) is 1. The number of ether oxygens (including phenoxy) is 1. The van der Waals surface area contributed by atoms with E-state index in [1.54, 1.807) is 24.3 Å². The molecular formula is C14H17NO6. The molecule has 2 rings (SSSR count). The lowest BCUT2D eigenvalue weighted by Gasteiger charge is -2.26. The van der Waals surface area contributed by atoms with E-state index < -0.39 is 36.9 Å². The first kappa shape index (κ1) is 15.3. The zero-order valence-corrected chi connectivity index (χ0v) is 11.3. The molecule has 1 heterocycles. The zero-order valence-electron chi connectivity index (χ0n) is 11.3. The number of carboxylic acids is 1. The normalized spacial score (nSPS) is 24.9. The van der Waals surface area contributed by atoms with Crippen molar-refractivity contribution >= 4 is 12.1 Å². The van der Waals surface area contributed by atoms with Crippen LogP contribution in [0.4, 0.5) is 4.79 Å². The maximum atomic E-state index is 12.1. The van der Waals surface area contributed by atoms with Gasteiger partial charge in [0.1, 0.15) is 12.6 Å². The third-order valence-corrected chi connectivity index (χ3v) is 3.49. The largest absolute Gasteiger partial charge is 0.480 e. The van der Waals surface area contributed by atoms with Gasteiger partial charge in [0, 0.05) is 6.42 Å². The first-order valence-electron chi connectivity index (χ1n) is 6.55. The molecule has 1 amide bonds. The van der Waals surface area contributed by atoms with Crippen LogP contribution in [-0.2, 0) is 16.1 Å². The second-order valence-corrected chi connectivity index (χ2v) is 4.85. The van der Waals surface area contributed by atoms with Crippen molar-refractivity contribution in [1.29, 1.82) is 0 Å². The summed E-state index contributed by atoms with van der Waals surface area (Å²) in [7, 11) is 0. The summed E-state index contributed by atoms with van der Waals surface area (Å²) in [6, 6.07) is 6.78. The monoisotopic (exact) mass is 295 g/mol. The van der Waals surface area contributed by atoms with Crippen LogP contribution >= 0.6 is 0 Å². The number of benzene rings is 1. The summed E-state index contributed by atoms with van der Waals surface area (Å²) in [5.74, 6) is -1.23. The first-order valence-corrected chi connectivity index (χ1v) is 6.55. The minimum absolute atomic E-state index is 0.00322. The third-order valence-electron chi connectivity index (χ3n) is 3.49. The Labute approximate surface area is 121 Å². The highest BCUT2D eigenvalue weighted by atomic mass is 16.6. The Bertz CT molecular complexity index is 505. The number of carbonyl (C=O) groups excluding carboxylic acids is 1. The summed E-state index contributed by atoms with van der Waals surface area (Å²) in [4.78, 5) is 24.1. The van der Waals surface area contributed by atoms with Crippen molar-refractivity contribution in [3.05, 3.63) is 35.9 Å². The van der Waals surface area contributed by atoms with Gasteiger partial charge in [-0.25, -0.2) is 9.59 Å². The molecule has 1 aliphatic rings. The van der Waals surface area contributed by atoms with Crippen molar-refractivity contribution in [3.8, 4) is 0 Å². The summed E-state index contributed by atoms with van der Waals surface area (Å²) in [6.07, 6.45) is -2.07. The molecule has 1 aliphatic heterocycles. The van der Waals surface area contributed by atoms with Crippen molar-refractivity contribution < 1.29 is 29.6 Å². The fraction of sp³-hybridized carbons (Fsp3) is 0.429. The van der Waals surface area contributed by atoms with Gasteiger partial charge >= 0.3 is 12.1 Å². The van der Waals surface area contributed by atoms with Crippen LogP contribution in [0, 0.1) is 0 Å². The SMILES string of the molecule is O=C(O)[C@@H]1C[C@H](O)[C@H](CO)N1C(=O)OCc1ccccc1. The smallest absolute Gasteiger partial charge is 0.411 e. The van der Waals surface area contributed by atoms with E-state index in [0.29, 0.717) is 0 Å². The van der Waals surface area contributed by atoms with E-state index in [9.17, 15) is 19.8 Å². The average molecular weight is 295 g/mol. The third kappa shape index (κ3) is 3.32. The molecule has 3 atom stereocenters. The van der Waals surface area contributed by atoms with Gasteiger partial charge in [0.05, 0.1) is 18.8 Å². The maximum Gasteiger partial charge on any atom is 0.411 e. The van der Waals surface area contributed by atoms with Gasteiger partial charge in [-0.1, -0.05) is 30.3 Å². The van der Waals surface area contributed by atoms with Crippen molar-refractivity contribution in [2.45, 2.75) is 31.2 Å². The molecule has 0 bridgehead atoms. The Hall–Kier alpha value is -2.12. The molecule has 0 saturated carbocycles. The number of rotatable bonds is 4. The zero-order chi connectivity index (χ0) is 15.4. The van der Waals surface area contributed by atoms with E-state index in [1.807, 2.05) is 6.07 Å². The molecule has 7 heteroatoms. The fourth-order valence-electron chi connectivity index (χ4n) is 2.40. The Kier molecular flexibility index (Phi) is 4.77. The van der Waals surface area contributed by atoms with Gasteiger partial charge in [-0.2, -0.15) is 0 Å². The van der Waals surface area contributed by atoms with Crippen LogP contribution in [0.5, 0.6) is 0 Å². The van der Waals surface area contributed by atoms with E-state index in [0.717, 1.165) is 10.5 Å². The maximum absolute atomic E-state index is 12.1. The number of aliphatic hydroxyl groups excluding tert-OH is 2. The number of likely N-dealkylation sites (tertiary alicyclic amines) is 1. The number of aliphatic hydroxyl groups is 2. The molecular weight excluding hydrogens is 278 g/mol. The quantitative estimate of drug-likeness (QED) is 0.732. The van der Waals surface area contributed by atoms with Crippen LogP contribution in [0.3, 0.4) is 0 Å². The van der Waals surface area contributed by atoms with Gasteiger partial charge in [-0.15, -0.1) is 0 Å². The summed E-state index contributed by atoms with van der Waals surface area (Å²) in [6.45, 7) is -0.526. The van der Waals surface area contributed by atoms with E-state index >= 15 is 0 Å². The highest BCUT2D eigenvalue weighted by Crippen LogP contribution is 2.26. The fourth-order valence-corrected chi connectivity index (χ4v) is 2.40. The standard InChI is InChI=1S/C14H17NO6/c16-7-11-12(17)6-10(13(18)19)15(11)14(20)21-8-9-4-2-1-3-5-9/h1-5,10-12,16-17H,6-8H2,(H,18,19)/t10-,11-,12-/m0/s1. The van der Waals surface area contributed by atoms with Crippen molar-refractivity contribution in [3.63, 3.8) is 0 Å². The molecule has 7 nitrogen and oxygen atoms in total. The van der Waals surface area contributed by atoms with Crippen molar-refractivity contribution in [2.75, 3.05) is 6.61 Å². The number of carboxylic acid groups (broad SMARTS) is 1. The van der Waals surface area contributed by atoms with E-state index in [4.69, 9.17) is 9.84 Å². The molecule has 0 radical (unpaired) electrons. The first-order chi connectivity index (χ1) is 10.0. The lowest BCUT2D eigenvalue weighted by atomic mass is 10.1. The van der Waals surface area contributed by atoms with Crippen LogP contribution in [0.2, 0.25) is 0 Å². The van der Waals surface area contributed by atoms with Crippen LogP contribution < -0.4 is 0 Å². The predicted octanol–water partition coefficient (Wildman–Crippen LogP) is 0.204. The molecule has 0 aliphatic carbocycles. The Morgan fingerprint density at radius 3 is 2.52 bits per heavy atom. The summed E-state index contributed by atoms with van der Waals surface area (Å²) in [5, 5.41) is 28.1. The van der Waals surface area contributed by atoms with E-state index in [1.165, 1.54) is 0 Å². The van der Waals surface area contributed by atoms with Crippen LogP contribution in [0.25, 0.3) is 0 Å². The number of carbonyl (C=O) groups is 2. The molecule has 1 fully saturated rings. The average Bonchev–Trinajstić information content (AvgIpc) is 2.82. The Morgan fingerprint density at radius 1 is 1.29 bits per heavy atom. The molecule has 21 heavy (non-hydrogen) atoms. The topological polar surface area (TPSA) is 107 Å². The number of hydrogen-bond acceptors (Lipinski definition) is 5. The second-order valence-electron chi connectivity index (χ2n) is 4.85. The summed E-state index contributed by atoms with van der Waals surface area (Å²) >= 11 is 0. The molecule has 1 saturated heterocycles. The van der Waals surface area contributed by atoms with Crippen molar-refractivity contribution in [1.82, 2.24) is 4.90 Å². The minimum atomic E-state index is -1.23. The summed E-state index contributed by atoms with van der Waals surface area (Å²) in [5.41, 5.74) is 0.762. The van der Waals surface area contributed by atoms with Crippen LogP contribution in [-0.4, -0.2) is 57.1 Å². The number of hydrogen-bond donors (Lipinski definition) is 3. The van der Waals surface area contributed by atoms with Gasteiger partial charge in [-0.05, 0) is 5.56 Å². The minimum Gasteiger partial charge on any atom is -0.480 e.